The quantitative estimate of drug-likeness (QED) is 0.335. The Morgan fingerprint density at radius 2 is 1.69 bits per heavy atom. The maximum Gasteiger partial charge on any atom is 0.271 e. The number of non-ortho nitro benzene ring substituents is 1. The van der Waals surface area contributed by atoms with Crippen molar-refractivity contribution in [2.45, 2.75) is 6.42 Å². The maximum atomic E-state index is 12.9. The van der Waals surface area contributed by atoms with Gasteiger partial charge < -0.3 is 10.1 Å². The number of anilines is 2. The van der Waals surface area contributed by atoms with Crippen molar-refractivity contribution in [1.29, 1.82) is 0 Å². The second-order valence-electron chi connectivity index (χ2n) is 8.15. The third-order valence-corrected chi connectivity index (χ3v) is 6.50. The Morgan fingerprint density at radius 1 is 1.06 bits per heavy atom. The fraction of sp³-hybridized carbons (Fsp3) is 0.261. The van der Waals surface area contributed by atoms with Crippen molar-refractivity contribution in [3.05, 3.63) is 70.3 Å². The third kappa shape index (κ3) is 2.96. The molecule has 3 aliphatic rings. The summed E-state index contributed by atoms with van der Waals surface area (Å²) in [6.07, 6.45) is 4.94. The van der Waals surface area contributed by atoms with Crippen LogP contribution in [0.4, 0.5) is 17.1 Å². The van der Waals surface area contributed by atoms with Crippen LogP contribution in [-0.2, 0) is 9.59 Å². The number of hydrogen-bond donors (Lipinski definition) is 1. The summed E-state index contributed by atoms with van der Waals surface area (Å²) in [6.45, 7) is 0. The highest BCUT2D eigenvalue weighted by molar-refractivity contribution is 6.23. The number of nitrogens with zero attached hydrogens (tertiary/aromatic N) is 2. The van der Waals surface area contributed by atoms with Crippen molar-refractivity contribution >= 4 is 34.8 Å². The van der Waals surface area contributed by atoms with Gasteiger partial charge in [-0.25, -0.2) is 0 Å². The summed E-state index contributed by atoms with van der Waals surface area (Å²) < 4.78 is 5.16. The van der Waals surface area contributed by atoms with Gasteiger partial charge in [0, 0.05) is 17.7 Å². The zero-order valence-corrected chi connectivity index (χ0v) is 17.1. The number of ether oxygens (including phenoxy) is 1. The molecule has 162 valence electrons. The highest BCUT2D eigenvalue weighted by Crippen LogP contribution is 2.53. The number of imide groups is 1. The lowest BCUT2D eigenvalue weighted by Crippen LogP contribution is -2.32. The van der Waals surface area contributed by atoms with Crippen LogP contribution in [0.15, 0.2) is 54.6 Å². The Hall–Kier alpha value is -4.01. The number of fused-ring (bicyclic) bond motifs is 5. The van der Waals surface area contributed by atoms with Crippen LogP contribution in [0.1, 0.15) is 16.8 Å². The van der Waals surface area contributed by atoms with Gasteiger partial charge in [0.1, 0.15) is 5.75 Å². The summed E-state index contributed by atoms with van der Waals surface area (Å²) in [6, 6.07) is 10.0. The number of nitro benzene ring substituents is 1. The number of allylic oxidation sites excluding steroid dienone is 2. The van der Waals surface area contributed by atoms with Crippen molar-refractivity contribution in [2.24, 2.45) is 23.7 Å². The molecule has 1 N–H and O–H groups in total. The highest BCUT2D eigenvalue weighted by Gasteiger charge is 2.59. The van der Waals surface area contributed by atoms with Gasteiger partial charge in [0.2, 0.25) is 11.8 Å². The number of nitro groups is 1. The fourth-order valence-electron chi connectivity index (χ4n) is 5.02. The molecule has 1 aliphatic heterocycles. The number of rotatable bonds is 5. The maximum absolute atomic E-state index is 12.9. The van der Waals surface area contributed by atoms with Crippen LogP contribution < -0.4 is 15.0 Å². The van der Waals surface area contributed by atoms with E-state index in [0.717, 1.165) is 6.42 Å². The molecule has 2 aromatic carbocycles. The van der Waals surface area contributed by atoms with Gasteiger partial charge >= 0.3 is 0 Å². The number of carbonyl (C=O) groups excluding carboxylic acids is 3. The van der Waals surface area contributed by atoms with E-state index in [1.807, 2.05) is 12.2 Å². The van der Waals surface area contributed by atoms with E-state index in [1.165, 1.54) is 42.3 Å². The van der Waals surface area contributed by atoms with Gasteiger partial charge in [-0.3, -0.25) is 29.4 Å². The lowest BCUT2D eigenvalue weighted by atomic mass is 9.85. The average Bonchev–Trinajstić information content (AvgIpc) is 3.47. The summed E-state index contributed by atoms with van der Waals surface area (Å²) in [4.78, 5) is 50.2. The second-order valence-corrected chi connectivity index (χ2v) is 8.15. The molecule has 2 aliphatic carbocycles. The number of carbonyl (C=O) groups is 3. The molecular weight excluding hydrogens is 414 g/mol. The predicted octanol–water partition coefficient (Wildman–Crippen LogP) is 3.17. The molecule has 32 heavy (non-hydrogen) atoms. The van der Waals surface area contributed by atoms with Crippen LogP contribution in [0.25, 0.3) is 0 Å². The van der Waals surface area contributed by atoms with Gasteiger partial charge in [0.15, 0.2) is 0 Å². The van der Waals surface area contributed by atoms with E-state index >= 15 is 0 Å². The molecule has 9 nitrogen and oxygen atoms in total. The monoisotopic (exact) mass is 433 g/mol. The Balaban J connectivity index is 1.35. The molecular formula is C23H19N3O6. The van der Waals surface area contributed by atoms with E-state index in [-0.39, 0.29) is 58.2 Å². The number of methoxy groups -OCH3 is 1. The number of amides is 3. The number of hydrogen-bond acceptors (Lipinski definition) is 6. The van der Waals surface area contributed by atoms with Crippen LogP contribution in [0, 0.1) is 33.8 Å². The van der Waals surface area contributed by atoms with Gasteiger partial charge in [-0.2, -0.15) is 0 Å². The SMILES string of the molecule is COc1ccc([N+](=O)[O-])cc1NC(=O)c1ccc(N2C(=O)[C@H]3[C@H](C2=O)[C@H]2C=C[C@H]3C2)cc1. The van der Waals surface area contributed by atoms with Crippen molar-refractivity contribution in [1.82, 2.24) is 0 Å². The normalized spacial score (nSPS) is 25.2. The first kappa shape index (κ1) is 19.9. The van der Waals surface area contributed by atoms with E-state index in [0.29, 0.717) is 5.69 Å². The van der Waals surface area contributed by atoms with E-state index in [1.54, 1.807) is 12.1 Å². The van der Waals surface area contributed by atoms with Crippen molar-refractivity contribution < 1.29 is 24.0 Å². The second kappa shape index (κ2) is 7.30. The summed E-state index contributed by atoms with van der Waals surface area (Å²) in [5.41, 5.74) is 0.676. The predicted molar refractivity (Wildman–Crippen MR) is 114 cm³/mol. The lowest BCUT2D eigenvalue weighted by molar-refractivity contribution is -0.384. The van der Waals surface area contributed by atoms with Crippen molar-refractivity contribution in [2.75, 3.05) is 17.3 Å². The summed E-state index contributed by atoms with van der Waals surface area (Å²) in [5, 5.41) is 13.6. The van der Waals surface area contributed by atoms with E-state index in [2.05, 4.69) is 5.32 Å². The van der Waals surface area contributed by atoms with Crippen molar-refractivity contribution in [3.63, 3.8) is 0 Å². The minimum atomic E-state index is -0.564. The zero-order chi connectivity index (χ0) is 22.6. The minimum absolute atomic E-state index is 0.126. The minimum Gasteiger partial charge on any atom is -0.495 e. The first-order chi connectivity index (χ1) is 15.4. The van der Waals surface area contributed by atoms with Gasteiger partial charge in [0.25, 0.3) is 11.6 Å². The Kier molecular flexibility index (Phi) is 4.54. The molecule has 2 fully saturated rings. The van der Waals surface area contributed by atoms with Crippen LogP contribution in [0.5, 0.6) is 5.75 Å². The molecule has 0 spiro atoms. The Morgan fingerprint density at radius 3 is 2.25 bits per heavy atom. The zero-order valence-electron chi connectivity index (χ0n) is 17.1. The van der Waals surface area contributed by atoms with Crippen molar-refractivity contribution in [3.8, 4) is 5.75 Å². The molecule has 4 atom stereocenters. The molecule has 2 bridgehead atoms. The molecule has 1 saturated heterocycles. The van der Waals surface area contributed by atoms with Gasteiger partial charge in [-0.15, -0.1) is 0 Å². The Bertz CT molecular complexity index is 1160. The van der Waals surface area contributed by atoms with E-state index in [4.69, 9.17) is 4.74 Å². The molecule has 2 aromatic rings. The third-order valence-electron chi connectivity index (χ3n) is 6.50. The van der Waals surface area contributed by atoms with E-state index in [9.17, 15) is 24.5 Å². The average molecular weight is 433 g/mol. The van der Waals surface area contributed by atoms with Gasteiger partial charge in [-0.05, 0) is 48.6 Å². The first-order valence-corrected chi connectivity index (χ1v) is 10.2. The summed E-state index contributed by atoms with van der Waals surface area (Å²) in [5.74, 6) is -0.922. The topological polar surface area (TPSA) is 119 Å². The standard InChI is InChI=1S/C23H19N3O6/c1-32-18-9-8-16(26(30)31)11-17(18)24-21(27)12-4-6-15(7-5-12)25-22(28)19-13-2-3-14(10-13)20(19)23(25)29/h2-9,11,13-14,19-20H,10H2,1H3,(H,24,27)/t13-,14-,19+,20+/m0/s1. The number of benzene rings is 2. The van der Waals surface area contributed by atoms with Crippen LogP contribution in [-0.4, -0.2) is 29.8 Å². The lowest BCUT2D eigenvalue weighted by Gasteiger charge is -2.17. The fourth-order valence-corrected chi connectivity index (χ4v) is 5.02. The largest absolute Gasteiger partial charge is 0.495 e. The van der Waals surface area contributed by atoms with Crippen LogP contribution in [0.2, 0.25) is 0 Å². The summed E-state index contributed by atoms with van der Waals surface area (Å²) >= 11 is 0. The molecule has 0 aromatic heterocycles. The van der Waals surface area contributed by atoms with E-state index < -0.39 is 10.8 Å². The molecule has 5 rings (SSSR count). The van der Waals surface area contributed by atoms with Crippen LogP contribution in [0.3, 0.4) is 0 Å². The highest BCUT2D eigenvalue weighted by atomic mass is 16.6. The Labute approximate surface area is 182 Å². The number of nitrogens with one attached hydrogen (secondary N) is 1. The van der Waals surface area contributed by atoms with Gasteiger partial charge in [-0.1, -0.05) is 12.2 Å². The summed E-state index contributed by atoms with van der Waals surface area (Å²) in [7, 11) is 1.40. The molecule has 0 unspecified atom stereocenters. The molecule has 3 amide bonds. The molecule has 9 heteroatoms. The first-order valence-electron chi connectivity index (χ1n) is 10.2. The van der Waals surface area contributed by atoms with Crippen LogP contribution >= 0.6 is 0 Å². The molecule has 1 heterocycles. The smallest absolute Gasteiger partial charge is 0.271 e. The molecule has 1 saturated carbocycles. The van der Waals surface area contributed by atoms with Gasteiger partial charge in [0.05, 0.1) is 35.2 Å². The molecule has 0 radical (unpaired) electrons.